The summed E-state index contributed by atoms with van der Waals surface area (Å²) in [5.41, 5.74) is 0.0440. The van der Waals surface area contributed by atoms with Crippen molar-refractivity contribution in [2.24, 2.45) is 5.14 Å². The van der Waals surface area contributed by atoms with Gasteiger partial charge < -0.3 is 14.4 Å². The van der Waals surface area contributed by atoms with Gasteiger partial charge in [0, 0.05) is 13.6 Å². The summed E-state index contributed by atoms with van der Waals surface area (Å²) < 4.78 is 33.5. The molecule has 7 nitrogen and oxygen atoms in total. The zero-order valence-corrected chi connectivity index (χ0v) is 13.4. The minimum Gasteiger partial charge on any atom is -0.496 e. The third-order valence-corrected chi connectivity index (χ3v) is 3.87. The number of rotatable bonds is 6. The quantitative estimate of drug-likeness (QED) is 0.838. The normalized spacial score (nSPS) is 11.1. The van der Waals surface area contributed by atoms with E-state index in [0.29, 0.717) is 6.54 Å². The van der Waals surface area contributed by atoms with Gasteiger partial charge >= 0.3 is 0 Å². The summed E-state index contributed by atoms with van der Waals surface area (Å²) >= 11 is 0. The van der Waals surface area contributed by atoms with Crippen molar-refractivity contribution >= 4 is 15.9 Å². The van der Waals surface area contributed by atoms with Crippen molar-refractivity contribution in [3.05, 3.63) is 17.7 Å². The fourth-order valence-electron chi connectivity index (χ4n) is 1.97. The minimum absolute atomic E-state index is 0.0440. The molecule has 0 atom stereocenters. The van der Waals surface area contributed by atoms with Crippen LogP contribution in [0.1, 0.15) is 23.7 Å². The maximum absolute atomic E-state index is 12.5. The Bertz CT molecular complexity index is 628. The summed E-state index contributed by atoms with van der Waals surface area (Å²) in [5.74, 6) is -0.270. The predicted octanol–water partition coefficient (Wildman–Crippen LogP) is 0.833. The van der Waals surface area contributed by atoms with Gasteiger partial charge in [0.05, 0.1) is 14.2 Å². The average Bonchev–Trinajstić information content (AvgIpc) is 2.43. The van der Waals surface area contributed by atoms with E-state index in [9.17, 15) is 13.2 Å². The fraction of sp³-hybridized carbons (Fsp3) is 0.462. The molecule has 0 fully saturated rings. The average molecular weight is 316 g/mol. The Labute approximate surface area is 124 Å². The molecule has 0 aliphatic rings. The first-order valence-corrected chi connectivity index (χ1v) is 7.85. The van der Waals surface area contributed by atoms with Gasteiger partial charge in [0.25, 0.3) is 5.91 Å². The van der Waals surface area contributed by atoms with Gasteiger partial charge in [0.15, 0.2) is 5.75 Å². The van der Waals surface area contributed by atoms with Gasteiger partial charge in [0.2, 0.25) is 10.0 Å². The molecular formula is C13H20N2O5S. The molecule has 0 unspecified atom stereocenters. The molecule has 0 radical (unpaired) electrons. The van der Waals surface area contributed by atoms with Crippen molar-refractivity contribution in [1.82, 2.24) is 4.90 Å². The van der Waals surface area contributed by atoms with Crippen LogP contribution in [0.4, 0.5) is 0 Å². The molecule has 1 aromatic rings. The highest BCUT2D eigenvalue weighted by Crippen LogP contribution is 2.35. The molecule has 0 aliphatic carbocycles. The molecule has 0 spiro atoms. The lowest BCUT2D eigenvalue weighted by Gasteiger charge is -2.20. The number of methoxy groups -OCH3 is 2. The molecule has 1 aromatic carbocycles. The van der Waals surface area contributed by atoms with E-state index >= 15 is 0 Å². The molecule has 21 heavy (non-hydrogen) atoms. The third-order valence-electron chi connectivity index (χ3n) is 2.93. The van der Waals surface area contributed by atoms with Crippen LogP contribution in [-0.2, 0) is 10.0 Å². The van der Waals surface area contributed by atoms with Crippen LogP contribution in [0.3, 0.4) is 0 Å². The molecule has 1 rings (SSSR count). The number of hydrogen-bond donors (Lipinski definition) is 1. The van der Waals surface area contributed by atoms with E-state index < -0.39 is 15.9 Å². The van der Waals surface area contributed by atoms with Crippen molar-refractivity contribution in [2.45, 2.75) is 18.2 Å². The monoisotopic (exact) mass is 316 g/mol. The van der Waals surface area contributed by atoms with Crippen LogP contribution in [-0.4, -0.2) is 47.0 Å². The third kappa shape index (κ3) is 3.64. The first-order chi connectivity index (χ1) is 9.77. The number of hydrogen-bond acceptors (Lipinski definition) is 5. The van der Waals surface area contributed by atoms with Gasteiger partial charge in [-0.25, -0.2) is 13.6 Å². The zero-order valence-electron chi connectivity index (χ0n) is 12.5. The van der Waals surface area contributed by atoms with Crippen LogP contribution in [0.15, 0.2) is 17.0 Å². The Kier molecular flexibility index (Phi) is 5.56. The lowest BCUT2D eigenvalue weighted by molar-refractivity contribution is 0.0787. The predicted molar refractivity (Wildman–Crippen MR) is 78.2 cm³/mol. The molecule has 2 N–H and O–H groups in total. The van der Waals surface area contributed by atoms with Crippen LogP contribution in [0.2, 0.25) is 0 Å². The highest BCUT2D eigenvalue weighted by Gasteiger charge is 2.27. The standard InChI is InChI=1S/C13H20N2O5S/c1-5-8-15(2)13(16)11-9(19-3)6-7-10(12(11)20-4)21(14,17)18/h6-7H,5,8H2,1-4H3,(H2,14,17,18). The first-order valence-electron chi connectivity index (χ1n) is 6.31. The topological polar surface area (TPSA) is 98.9 Å². The fourth-order valence-corrected chi connectivity index (χ4v) is 2.67. The maximum Gasteiger partial charge on any atom is 0.261 e. The second-order valence-electron chi connectivity index (χ2n) is 4.45. The van der Waals surface area contributed by atoms with Crippen molar-refractivity contribution in [3.63, 3.8) is 0 Å². The second kappa shape index (κ2) is 6.77. The van der Waals surface area contributed by atoms with Crippen molar-refractivity contribution in [2.75, 3.05) is 27.8 Å². The number of ether oxygens (including phenoxy) is 2. The van der Waals surface area contributed by atoms with Crippen LogP contribution < -0.4 is 14.6 Å². The summed E-state index contributed by atoms with van der Waals surface area (Å²) in [6.45, 7) is 2.45. The van der Waals surface area contributed by atoms with Crippen molar-refractivity contribution in [1.29, 1.82) is 0 Å². The van der Waals surface area contributed by atoms with Gasteiger partial charge in [-0.2, -0.15) is 0 Å². The van der Waals surface area contributed by atoms with E-state index in [1.54, 1.807) is 7.05 Å². The van der Waals surface area contributed by atoms with E-state index in [2.05, 4.69) is 0 Å². The molecule has 0 aromatic heterocycles. The molecule has 118 valence electrons. The number of sulfonamides is 1. The number of carbonyl (C=O) groups excluding carboxylic acids is 1. The molecule has 8 heteroatoms. The Balaban J connectivity index is 3.57. The lowest BCUT2D eigenvalue weighted by atomic mass is 10.1. The molecule has 1 amide bonds. The van der Waals surface area contributed by atoms with E-state index in [-0.39, 0.29) is 22.0 Å². The molecule has 0 bridgehead atoms. The largest absolute Gasteiger partial charge is 0.496 e. The summed E-state index contributed by atoms with van der Waals surface area (Å²) in [6.07, 6.45) is 0.766. The van der Waals surface area contributed by atoms with E-state index in [1.165, 1.54) is 31.3 Å². The summed E-state index contributed by atoms with van der Waals surface area (Å²) in [5, 5.41) is 5.16. The first kappa shape index (κ1) is 17.3. The smallest absolute Gasteiger partial charge is 0.261 e. The summed E-state index contributed by atoms with van der Waals surface area (Å²) in [7, 11) is 0.272. The Hall–Kier alpha value is -1.80. The second-order valence-corrected chi connectivity index (χ2v) is 5.98. The van der Waals surface area contributed by atoms with E-state index in [0.717, 1.165) is 6.42 Å². The molecule has 0 heterocycles. The maximum atomic E-state index is 12.5. The summed E-state index contributed by atoms with van der Waals surface area (Å²) in [6, 6.07) is 2.64. The van der Waals surface area contributed by atoms with Gasteiger partial charge in [-0.05, 0) is 18.6 Å². The Morgan fingerprint density at radius 1 is 1.29 bits per heavy atom. The molecular weight excluding hydrogens is 296 g/mol. The highest BCUT2D eigenvalue weighted by atomic mass is 32.2. The van der Waals surface area contributed by atoms with Crippen molar-refractivity contribution in [3.8, 4) is 11.5 Å². The van der Waals surface area contributed by atoms with Crippen molar-refractivity contribution < 1.29 is 22.7 Å². The number of primary sulfonamides is 1. The number of nitrogens with zero attached hydrogens (tertiary/aromatic N) is 1. The van der Waals surface area contributed by atoms with Crippen LogP contribution in [0.5, 0.6) is 11.5 Å². The molecule has 0 saturated heterocycles. The molecule has 0 saturated carbocycles. The number of nitrogens with two attached hydrogens (primary N) is 1. The van der Waals surface area contributed by atoms with Gasteiger partial charge in [0.1, 0.15) is 16.2 Å². The van der Waals surface area contributed by atoms with Crippen LogP contribution >= 0.6 is 0 Å². The number of benzene rings is 1. The molecule has 0 aliphatic heterocycles. The Morgan fingerprint density at radius 3 is 2.33 bits per heavy atom. The van der Waals surface area contributed by atoms with Gasteiger partial charge in [-0.3, -0.25) is 4.79 Å². The van der Waals surface area contributed by atoms with E-state index in [1.807, 2.05) is 6.92 Å². The lowest BCUT2D eigenvalue weighted by Crippen LogP contribution is -2.29. The Morgan fingerprint density at radius 2 is 1.90 bits per heavy atom. The number of amides is 1. The van der Waals surface area contributed by atoms with E-state index in [4.69, 9.17) is 14.6 Å². The summed E-state index contributed by atoms with van der Waals surface area (Å²) in [4.78, 5) is 13.7. The number of carbonyl (C=O) groups is 1. The van der Waals surface area contributed by atoms with Gasteiger partial charge in [-0.1, -0.05) is 6.92 Å². The minimum atomic E-state index is -4.02. The van der Waals surface area contributed by atoms with Gasteiger partial charge in [-0.15, -0.1) is 0 Å². The highest BCUT2D eigenvalue weighted by molar-refractivity contribution is 7.89. The van der Waals surface area contributed by atoms with Crippen LogP contribution in [0, 0.1) is 0 Å². The SMILES string of the molecule is CCCN(C)C(=O)c1c(OC)ccc(S(N)(=O)=O)c1OC. The van der Waals surface area contributed by atoms with Crippen LogP contribution in [0.25, 0.3) is 0 Å². The zero-order chi connectivity index (χ0) is 16.2.